The first kappa shape index (κ1) is 12.6. The van der Waals surface area contributed by atoms with Gasteiger partial charge in [0.25, 0.3) is 0 Å². The van der Waals surface area contributed by atoms with E-state index in [4.69, 9.17) is 5.73 Å². The molecule has 1 aromatic carbocycles. The molecule has 0 spiro atoms. The van der Waals surface area contributed by atoms with Crippen LogP contribution in [0.3, 0.4) is 0 Å². The molecule has 3 atom stereocenters. The van der Waals surface area contributed by atoms with Crippen molar-refractivity contribution in [1.82, 2.24) is 4.90 Å². The summed E-state index contributed by atoms with van der Waals surface area (Å²) < 4.78 is 1.23. The van der Waals surface area contributed by atoms with E-state index in [1.54, 1.807) is 0 Å². The number of fused-ring (bicyclic) bond motifs is 2. The fourth-order valence-corrected chi connectivity index (χ4v) is 4.48. The van der Waals surface area contributed by atoms with Gasteiger partial charge in [-0.1, -0.05) is 34.1 Å². The highest BCUT2D eigenvalue weighted by Crippen LogP contribution is 2.42. The monoisotopic (exact) mass is 308 g/mol. The number of benzene rings is 1. The van der Waals surface area contributed by atoms with Crippen molar-refractivity contribution < 1.29 is 0 Å². The number of halogens is 1. The molecule has 0 saturated carbocycles. The van der Waals surface area contributed by atoms with Gasteiger partial charge in [-0.25, -0.2) is 0 Å². The van der Waals surface area contributed by atoms with Crippen molar-refractivity contribution in [3.63, 3.8) is 0 Å². The van der Waals surface area contributed by atoms with E-state index < -0.39 is 0 Å². The van der Waals surface area contributed by atoms with Crippen molar-refractivity contribution in [1.29, 1.82) is 0 Å². The number of piperidine rings is 1. The highest BCUT2D eigenvalue weighted by molar-refractivity contribution is 9.10. The van der Waals surface area contributed by atoms with Crippen LogP contribution in [-0.2, 0) is 0 Å². The van der Waals surface area contributed by atoms with Crippen LogP contribution < -0.4 is 5.73 Å². The number of nitrogens with two attached hydrogens (primary N) is 1. The number of nitrogens with zero attached hydrogens (tertiary/aromatic N) is 1. The summed E-state index contributed by atoms with van der Waals surface area (Å²) in [5.41, 5.74) is 7.56. The fraction of sp³-hybridized carbons (Fsp3) is 0.600. The van der Waals surface area contributed by atoms with Crippen LogP contribution in [-0.4, -0.2) is 23.0 Å². The van der Waals surface area contributed by atoms with Crippen LogP contribution in [0.5, 0.6) is 0 Å². The molecule has 98 valence electrons. The molecule has 0 radical (unpaired) electrons. The Kier molecular flexibility index (Phi) is 3.48. The molecule has 2 heterocycles. The smallest absolute Gasteiger partial charge is 0.0336 e. The maximum atomic E-state index is 6.15. The van der Waals surface area contributed by atoms with E-state index in [0.29, 0.717) is 24.2 Å². The molecular formula is C15H21BrN2. The molecule has 2 saturated heterocycles. The molecule has 0 aliphatic carbocycles. The third kappa shape index (κ3) is 2.13. The van der Waals surface area contributed by atoms with Crippen LogP contribution >= 0.6 is 15.9 Å². The fourth-order valence-electron chi connectivity index (χ4n) is 3.86. The lowest BCUT2D eigenvalue weighted by molar-refractivity contribution is 0.0851. The second kappa shape index (κ2) is 4.95. The minimum atomic E-state index is 0.421. The molecule has 0 aromatic heterocycles. The van der Waals surface area contributed by atoms with E-state index in [1.165, 1.54) is 35.7 Å². The minimum absolute atomic E-state index is 0.421. The van der Waals surface area contributed by atoms with E-state index in [-0.39, 0.29) is 0 Å². The molecule has 3 rings (SSSR count). The quantitative estimate of drug-likeness (QED) is 0.906. The van der Waals surface area contributed by atoms with Crippen LogP contribution in [0.2, 0.25) is 0 Å². The van der Waals surface area contributed by atoms with Gasteiger partial charge in [-0.3, -0.25) is 4.90 Å². The molecular weight excluding hydrogens is 288 g/mol. The lowest BCUT2D eigenvalue weighted by Gasteiger charge is -2.42. The van der Waals surface area contributed by atoms with Crippen molar-refractivity contribution in [2.75, 3.05) is 0 Å². The molecule has 2 N–H and O–H groups in total. The summed E-state index contributed by atoms with van der Waals surface area (Å²) in [7, 11) is 0. The van der Waals surface area contributed by atoms with Gasteiger partial charge in [-0.15, -0.1) is 0 Å². The van der Waals surface area contributed by atoms with E-state index in [1.807, 2.05) is 0 Å². The third-order valence-corrected chi connectivity index (χ3v) is 5.35. The molecule has 2 aliphatic heterocycles. The molecule has 2 aliphatic rings. The summed E-state index contributed by atoms with van der Waals surface area (Å²) in [5, 5.41) is 0. The Labute approximate surface area is 118 Å². The summed E-state index contributed by atoms with van der Waals surface area (Å²) in [6.07, 6.45) is 5.00. The lowest BCUT2D eigenvalue weighted by Crippen LogP contribution is -2.48. The van der Waals surface area contributed by atoms with E-state index in [9.17, 15) is 0 Å². The number of rotatable bonds is 2. The van der Waals surface area contributed by atoms with Crippen molar-refractivity contribution >= 4 is 15.9 Å². The standard InChI is InChI=1S/C15H21BrN2/c1-10(14-4-2-3-5-15(14)16)18-12-6-7-13(18)9-11(17)8-12/h2-5,10-13H,6-9,17H2,1H3. The molecule has 18 heavy (non-hydrogen) atoms. The highest BCUT2D eigenvalue weighted by Gasteiger charge is 2.42. The van der Waals surface area contributed by atoms with Crippen molar-refractivity contribution in [3.8, 4) is 0 Å². The second-order valence-corrected chi connectivity index (χ2v) is 6.62. The molecule has 3 unspecified atom stereocenters. The Hall–Kier alpha value is -0.380. The molecule has 1 aromatic rings. The minimum Gasteiger partial charge on any atom is -0.328 e. The zero-order valence-electron chi connectivity index (χ0n) is 10.8. The van der Waals surface area contributed by atoms with Gasteiger partial charge in [-0.2, -0.15) is 0 Å². The zero-order valence-corrected chi connectivity index (χ0v) is 12.4. The topological polar surface area (TPSA) is 29.3 Å². The van der Waals surface area contributed by atoms with Gasteiger partial charge in [0.05, 0.1) is 0 Å². The Morgan fingerprint density at radius 1 is 1.22 bits per heavy atom. The van der Waals surface area contributed by atoms with Crippen molar-refractivity contribution in [3.05, 3.63) is 34.3 Å². The van der Waals surface area contributed by atoms with Gasteiger partial charge in [0.2, 0.25) is 0 Å². The zero-order chi connectivity index (χ0) is 12.7. The van der Waals surface area contributed by atoms with E-state index in [0.717, 1.165) is 0 Å². The summed E-state index contributed by atoms with van der Waals surface area (Å²) in [6.45, 7) is 2.34. The van der Waals surface area contributed by atoms with Crippen molar-refractivity contribution in [2.24, 2.45) is 5.73 Å². The lowest BCUT2D eigenvalue weighted by atomic mass is 9.94. The Morgan fingerprint density at radius 3 is 2.44 bits per heavy atom. The molecule has 3 heteroatoms. The second-order valence-electron chi connectivity index (χ2n) is 5.76. The first-order chi connectivity index (χ1) is 8.66. The average Bonchev–Trinajstić information content (AvgIpc) is 2.61. The Balaban J connectivity index is 1.86. The van der Waals surface area contributed by atoms with Crippen LogP contribution in [0.25, 0.3) is 0 Å². The SMILES string of the molecule is CC(c1ccccc1Br)N1C2CCC1CC(N)C2. The van der Waals surface area contributed by atoms with Gasteiger partial charge in [0, 0.05) is 28.6 Å². The van der Waals surface area contributed by atoms with Gasteiger partial charge < -0.3 is 5.73 Å². The Bertz CT molecular complexity index is 420. The summed E-state index contributed by atoms with van der Waals surface area (Å²) >= 11 is 3.68. The van der Waals surface area contributed by atoms with Gasteiger partial charge in [0.15, 0.2) is 0 Å². The maximum Gasteiger partial charge on any atom is 0.0336 e. The number of hydrogen-bond donors (Lipinski definition) is 1. The first-order valence-corrected chi connectivity index (χ1v) is 7.73. The molecule has 0 amide bonds. The molecule has 2 nitrogen and oxygen atoms in total. The first-order valence-electron chi connectivity index (χ1n) is 6.94. The number of hydrogen-bond acceptors (Lipinski definition) is 2. The van der Waals surface area contributed by atoms with Crippen LogP contribution in [0.1, 0.15) is 44.2 Å². The van der Waals surface area contributed by atoms with Gasteiger partial charge in [-0.05, 0) is 44.2 Å². The Morgan fingerprint density at radius 2 is 1.83 bits per heavy atom. The van der Waals surface area contributed by atoms with E-state index >= 15 is 0 Å². The van der Waals surface area contributed by atoms with E-state index in [2.05, 4.69) is 52.0 Å². The van der Waals surface area contributed by atoms with Crippen LogP contribution in [0.15, 0.2) is 28.7 Å². The average molecular weight is 309 g/mol. The predicted molar refractivity (Wildman–Crippen MR) is 78.4 cm³/mol. The molecule has 2 bridgehead atoms. The summed E-state index contributed by atoms with van der Waals surface area (Å²) in [6, 6.07) is 10.9. The van der Waals surface area contributed by atoms with Crippen molar-refractivity contribution in [2.45, 2.75) is 56.8 Å². The van der Waals surface area contributed by atoms with Gasteiger partial charge in [0.1, 0.15) is 0 Å². The summed E-state index contributed by atoms with van der Waals surface area (Å²) in [5.74, 6) is 0. The molecule has 2 fully saturated rings. The maximum absolute atomic E-state index is 6.15. The normalized spacial score (nSPS) is 33.6. The largest absolute Gasteiger partial charge is 0.328 e. The van der Waals surface area contributed by atoms with Gasteiger partial charge >= 0.3 is 0 Å². The highest BCUT2D eigenvalue weighted by atomic mass is 79.9. The third-order valence-electron chi connectivity index (χ3n) is 4.63. The predicted octanol–water partition coefficient (Wildman–Crippen LogP) is 3.46. The van der Waals surface area contributed by atoms with Crippen LogP contribution in [0.4, 0.5) is 0 Å². The summed E-state index contributed by atoms with van der Waals surface area (Å²) in [4.78, 5) is 2.71. The van der Waals surface area contributed by atoms with Crippen LogP contribution in [0, 0.1) is 0 Å².